The molecule has 1 nitrogen and oxygen atoms in total. The van der Waals surface area contributed by atoms with E-state index in [0.29, 0.717) is 0 Å². The van der Waals surface area contributed by atoms with Gasteiger partial charge in [-0.05, 0) is 55.3 Å². The third-order valence-electron chi connectivity index (χ3n) is 3.67. The van der Waals surface area contributed by atoms with Crippen LogP contribution in [-0.4, -0.2) is 13.1 Å². The highest BCUT2D eigenvalue weighted by molar-refractivity contribution is 5.32. The zero-order valence-electron chi connectivity index (χ0n) is 8.50. The first kappa shape index (κ1) is 8.49. The van der Waals surface area contributed by atoms with Crippen LogP contribution in [0, 0.1) is 11.8 Å². The maximum atomic E-state index is 3.36. The van der Waals surface area contributed by atoms with Gasteiger partial charge in [-0.25, -0.2) is 0 Å². The topological polar surface area (TPSA) is 12.0 Å². The molecule has 1 aliphatic carbocycles. The first-order chi connectivity index (χ1) is 6.92. The van der Waals surface area contributed by atoms with Crippen molar-refractivity contribution in [1.82, 2.24) is 5.32 Å². The van der Waals surface area contributed by atoms with Crippen molar-refractivity contribution in [2.45, 2.75) is 19.3 Å². The molecular weight excluding hydrogens is 170 g/mol. The van der Waals surface area contributed by atoms with Crippen molar-refractivity contribution in [1.29, 1.82) is 0 Å². The molecule has 1 N–H and O–H groups in total. The summed E-state index contributed by atoms with van der Waals surface area (Å²) in [5.41, 5.74) is 3.20. The van der Waals surface area contributed by atoms with Gasteiger partial charge in [0, 0.05) is 0 Å². The molecule has 1 saturated heterocycles. The number of benzene rings is 1. The van der Waals surface area contributed by atoms with Crippen LogP contribution in [-0.2, 0) is 12.8 Å². The second-order valence-corrected chi connectivity index (χ2v) is 4.80. The molecule has 14 heavy (non-hydrogen) atoms. The molecular formula is C13H17N. The standard InChI is InChI=1S/C13H17N/c1-2-4-13-7-10(6-12(13)3-1)5-11-8-14-9-11/h1-4,10-11,14H,5-9H2. The van der Waals surface area contributed by atoms with Gasteiger partial charge in [-0.15, -0.1) is 0 Å². The van der Waals surface area contributed by atoms with Gasteiger partial charge < -0.3 is 5.32 Å². The molecule has 0 aromatic heterocycles. The van der Waals surface area contributed by atoms with Crippen LogP contribution in [0.1, 0.15) is 17.5 Å². The number of nitrogens with one attached hydrogen (secondary N) is 1. The van der Waals surface area contributed by atoms with Crippen molar-refractivity contribution in [2.24, 2.45) is 11.8 Å². The smallest absolute Gasteiger partial charge is 0.000815 e. The second-order valence-electron chi connectivity index (χ2n) is 4.80. The van der Waals surface area contributed by atoms with Crippen molar-refractivity contribution < 1.29 is 0 Å². The van der Waals surface area contributed by atoms with Gasteiger partial charge in [0.15, 0.2) is 0 Å². The second kappa shape index (κ2) is 3.39. The minimum Gasteiger partial charge on any atom is -0.316 e. The molecule has 1 aromatic carbocycles. The molecule has 0 radical (unpaired) electrons. The third-order valence-corrected chi connectivity index (χ3v) is 3.67. The van der Waals surface area contributed by atoms with Gasteiger partial charge in [0.05, 0.1) is 0 Å². The summed E-state index contributed by atoms with van der Waals surface area (Å²) in [6.07, 6.45) is 4.08. The fraction of sp³-hybridized carbons (Fsp3) is 0.538. The van der Waals surface area contributed by atoms with E-state index in [4.69, 9.17) is 0 Å². The molecule has 1 fully saturated rings. The Morgan fingerprint density at radius 2 is 1.64 bits per heavy atom. The third kappa shape index (κ3) is 1.46. The van der Waals surface area contributed by atoms with Gasteiger partial charge >= 0.3 is 0 Å². The van der Waals surface area contributed by atoms with E-state index in [1.165, 1.54) is 32.4 Å². The van der Waals surface area contributed by atoms with E-state index in [0.717, 1.165) is 11.8 Å². The lowest BCUT2D eigenvalue weighted by atomic mass is 9.89. The highest BCUT2D eigenvalue weighted by atomic mass is 14.9. The largest absolute Gasteiger partial charge is 0.316 e. The van der Waals surface area contributed by atoms with Gasteiger partial charge in [0.25, 0.3) is 0 Å². The van der Waals surface area contributed by atoms with E-state index in [1.807, 2.05) is 0 Å². The van der Waals surface area contributed by atoms with E-state index < -0.39 is 0 Å². The number of hydrogen-bond acceptors (Lipinski definition) is 1. The maximum absolute atomic E-state index is 3.36. The van der Waals surface area contributed by atoms with Crippen molar-refractivity contribution in [3.05, 3.63) is 35.4 Å². The lowest BCUT2D eigenvalue weighted by molar-refractivity contribution is 0.279. The predicted molar refractivity (Wildman–Crippen MR) is 58.3 cm³/mol. The van der Waals surface area contributed by atoms with Crippen LogP contribution in [0.25, 0.3) is 0 Å². The molecule has 0 atom stereocenters. The summed E-state index contributed by atoms with van der Waals surface area (Å²) in [4.78, 5) is 0. The molecule has 1 aliphatic heterocycles. The number of fused-ring (bicyclic) bond motifs is 1. The Morgan fingerprint density at radius 3 is 2.14 bits per heavy atom. The normalized spacial score (nSPS) is 22.0. The zero-order valence-corrected chi connectivity index (χ0v) is 8.50. The lowest BCUT2D eigenvalue weighted by Crippen LogP contribution is -2.42. The Balaban J connectivity index is 1.66. The van der Waals surface area contributed by atoms with Crippen molar-refractivity contribution in [3.8, 4) is 0 Å². The highest BCUT2D eigenvalue weighted by Gasteiger charge is 2.26. The summed E-state index contributed by atoms with van der Waals surface area (Å²) < 4.78 is 0. The average molecular weight is 187 g/mol. The summed E-state index contributed by atoms with van der Waals surface area (Å²) in [5.74, 6) is 1.90. The zero-order chi connectivity index (χ0) is 9.38. The van der Waals surface area contributed by atoms with Gasteiger partial charge in [-0.1, -0.05) is 24.3 Å². The Bertz CT molecular complexity index is 303. The SMILES string of the molecule is c1ccc2c(c1)CC(CC1CNC1)C2. The van der Waals surface area contributed by atoms with Gasteiger partial charge in [0.1, 0.15) is 0 Å². The van der Waals surface area contributed by atoms with Crippen LogP contribution in [0.4, 0.5) is 0 Å². The fourth-order valence-corrected chi connectivity index (χ4v) is 2.80. The Kier molecular flexibility index (Phi) is 2.06. The number of rotatable bonds is 2. The average Bonchev–Trinajstić information content (AvgIpc) is 2.53. The molecule has 0 spiro atoms. The lowest BCUT2D eigenvalue weighted by Gasteiger charge is -2.29. The highest BCUT2D eigenvalue weighted by Crippen LogP contribution is 2.31. The molecule has 3 rings (SSSR count). The number of hydrogen-bond donors (Lipinski definition) is 1. The monoisotopic (exact) mass is 187 g/mol. The Hall–Kier alpha value is -0.820. The quantitative estimate of drug-likeness (QED) is 0.747. The van der Waals surface area contributed by atoms with Crippen molar-refractivity contribution >= 4 is 0 Å². The minimum atomic E-state index is 0.930. The van der Waals surface area contributed by atoms with Gasteiger partial charge in [-0.3, -0.25) is 0 Å². The molecule has 0 bridgehead atoms. The van der Waals surface area contributed by atoms with Crippen LogP contribution in [0.3, 0.4) is 0 Å². The van der Waals surface area contributed by atoms with Crippen LogP contribution < -0.4 is 5.32 Å². The van der Waals surface area contributed by atoms with E-state index in [2.05, 4.69) is 29.6 Å². The van der Waals surface area contributed by atoms with Crippen LogP contribution in [0.15, 0.2) is 24.3 Å². The van der Waals surface area contributed by atoms with E-state index in [1.54, 1.807) is 11.1 Å². The molecule has 1 heterocycles. The molecule has 1 heteroatoms. The summed E-state index contributed by atoms with van der Waals surface area (Å²) >= 11 is 0. The summed E-state index contributed by atoms with van der Waals surface area (Å²) in [6, 6.07) is 8.95. The van der Waals surface area contributed by atoms with Crippen molar-refractivity contribution in [3.63, 3.8) is 0 Å². The Labute approximate surface area is 85.5 Å². The van der Waals surface area contributed by atoms with Crippen molar-refractivity contribution in [2.75, 3.05) is 13.1 Å². The molecule has 0 unspecified atom stereocenters. The molecule has 0 saturated carbocycles. The Morgan fingerprint density at radius 1 is 1.00 bits per heavy atom. The van der Waals surface area contributed by atoms with E-state index >= 15 is 0 Å². The summed E-state index contributed by atoms with van der Waals surface area (Å²) in [5, 5.41) is 3.36. The molecule has 0 amide bonds. The summed E-state index contributed by atoms with van der Waals surface area (Å²) in [6.45, 7) is 2.51. The van der Waals surface area contributed by atoms with E-state index in [9.17, 15) is 0 Å². The molecule has 1 aromatic rings. The first-order valence-electron chi connectivity index (χ1n) is 5.69. The van der Waals surface area contributed by atoms with Crippen LogP contribution in [0.5, 0.6) is 0 Å². The van der Waals surface area contributed by atoms with Gasteiger partial charge in [-0.2, -0.15) is 0 Å². The maximum Gasteiger partial charge on any atom is -0.000815 e. The molecule has 2 aliphatic rings. The fourth-order valence-electron chi connectivity index (χ4n) is 2.80. The molecule has 74 valence electrons. The summed E-state index contributed by atoms with van der Waals surface area (Å²) in [7, 11) is 0. The van der Waals surface area contributed by atoms with Crippen LogP contribution >= 0.6 is 0 Å². The predicted octanol–water partition coefficient (Wildman–Crippen LogP) is 2.01. The van der Waals surface area contributed by atoms with Crippen LogP contribution in [0.2, 0.25) is 0 Å². The minimum absolute atomic E-state index is 0.930. The van der Waals surface area contributed by atoms with E-state index in [-0.39, 0.29) is 0 Å². The first-order valence-corrected chi connectivity index (χ1v) is 5.69. The van der Waals surface area contributed by atoms with Gasteiger partial charge in [0.2, 0.25) is 0 Å².